The van der Waals surface area contributed by atoms with E-state index < -0.39 is 24.7 Å². The van der Waals surface area contributed by atoms with E-state index in [-0.39, 0.29) is 30.8 Å². The van der Waals surface area contributed by atoms with Crippen LogP contribution in [0.4, 0.5) is 26.7 Å². The molecule has 69 heavy (non-hydrogen) atoms. The highest BCUT2D eigenvalue weighted by atomic mass is 19.4. The van der Waals surface area contributed by atoms with Crippen molar-refractivity contribution in [2.24, 2.45) is 5.92 Å². The molecule has 0 saturated heterocycles. The molecule has 0 bridgehead atoms. The topological polar surface area (TPSA) is 136 Å². The highest BCUT2D eigenvalue weighted by Crippen LogP contribution is 2.30. The van der Waals surface area contributed by atoms with E-state index in [2.05, 4.69) is 77.8 Å². The zero-order valence-corrected chi connectivity index (χ0v) is 49.9. The van der Waals surface area contributed by atoms with Gasteiger partial charge in [-0.05, 0) is 179 Å². The molecule has 0 atom stereocenters. The van der Waals surface area contributed by atoms with Crippen LogP contribution in [0.3, 0.4) is 0 Å². The van der Waals surface area contributed by atoms with Gasteiger partial charge < -0.3 is 58.9 Å². The van der Waals surface area contributed by atoms with Gasteiger partial charge in [0.1, 0.15) is 0 Å². The summed E-state index contributed by atoms with van der Waals surface area (Å²) in [6, 6.07) is 1.62. The number of carbonyl (C=O) groups is 3. The summed E-state index contributed by atoms with van der Waals surface area (Å²) in [6.07, 6.45) is -1.28. The fourth-order valence-corrected chi connectivity index (χ4v) is 2.23. The van der Waals surface area contributed by atoms with Crippen LogP contribution in [0.1, 0.15) is 116 Å². The van der Waals surface area contributed by atoms with Crippen molar-refractivity contribution in [2.75, 3.05) is 140 Å². The minimum absolute atomic E-state index is 0.0279. The number of alkyl halides is 5. The maximum absolute atomic E-state index is 11.3. The Bertz CT molecular complexity index is 1060. The Hall–Kier alpha value is -2.46. The van der Waals surface area contributed by atoms with Crippen molar-refractivity contribution in [1.29, 1.82) is 0 Å². The summed E-state index contributed by atoms with van der Waals surface area (Å²) in [5.41, 5.74) is -0.500. The molecular weight excluding hydrogens is 908 g/mol. The smallest absolute Gasteiger partial charge is 0.409 e. The van der Waals surface area contributed by atoms with Crippen LogP contribution in [0.5, 0.6) is 0 Å². The molecule has 3 amide bonds. The zero-order valence-electron chi connectivity index (χ0n) is 49.9. The number of ether oxygens (including phenoxy) is 2. The average Bonchev–Trinajstić information content (AvgIpc) is 4.04. The van der Waals surface area contributed by atoms with Crippen molar-refractivity contribution in [2.45, 2.75) is 164 Å². The molecule has 0 heterocycles. The van der Waals surface area contributed by atoms with Crippen LogP contribution in [-0.2, 0) is 19.1 Å². The summed E-state index contributed by atoms with van der Waals surface area (Å²) < 4.78 is 65.8. The van der Waals surface area contributed by atoms with Gasteiger partial charge in [-0.1, -0.05) is 6.92 Å². The van der Waals surface area contributed by atoms with Crippen molar-refractivity contribution in [3.63, 3.8) is 0 Å². The lowest BCUT2D eigenvalue weighted by atomic mass is 10.2. The van der Waals surface area contributed by atoms with E-state index in [1.807, 2.05) is 27.7 Å². The van der Waals surface area contributed by atoms with Gasteiger partial charge in [0.15, 0.2) is 0 Å². The summed E-state index contributed by atoms with van der Waals surface area (Å²) in [5, 5.41) is 16.6. The summed E-state index contributed by atoms with van der Waals surface area (Å²) in [7, 11) is 30.6. The molecule has 0 unspecified atom stereocenters. The van der Waals surface area contributed by atoms with E-state index in [1.165, 1.54) is 48.6 Å². The molecule has 20 heteroatoms. The minimum atomic E-state index is -4.05. The highest BCUT2D eigenvalue weighted by molar-refractivity contribution is 5.80. The number of aliphatic hydroxyl groups excluding tert-OH is 1. The number of halogens is 5. The van der Waals surface area contributed by atoms with E-state index in [4.69, 9.17) is 19.7 Å². The molecule has 2 rings (SSSR count). The van der Waals surface area contributed by atoms with Gasteiger partial charge in [0.2, 0.25) is 11.8 Å². The largest absolute Gasteiger partial charge is 0.447 e. The van der Waals surface area contributed by atoms with Crippen LogP contribution >= 0.6 is 0 Å². The number of carbonyl (C=O) groups excluding carboxylic acids is 3. The van der Waals surface area contributed by atoms with E-state index >= 15 is 0 Å². The maximum Gasteiger partial charge on any atom is 0.409 e. The second-order valence-electron chi connectivity index (χ2n) is 20.0. The fourth-order valence-electron chi connectivity index (χ4n) is 2.23. The molecule has 0 aromatic heterocycles. The van der Waals surface area contributed by atoms with E-state index in [0.29, 0.717) is 24.0 Å². The summed E-state index contributed by atoms with van der Waals surface area (Å²) in [5.74, 6) is 0.769. The third-order valence-corrected chi connectivity index (χ3v) is 7.11. The lowest BCUT2D eigenvalue weighted by Gasteiger charge is -2.12. The normalized spacial score (nSPS) is 12.3. The molecule has 2 aliphatic carbocycles. The van der Waals surface area contributed by atoms with Gasteiger partial charge >= 0.3 is 12.3 Å². The van der Waals surface area contributed by atoms with Crippen molar-refractivity contribution >= 4 is 17.9 Å². The monoisotopic (exact) mass is 1020 g/mol. The van der Waals surface area contributed by atoms with Crippen LogP contribution in [0.2, 0.25) is 0 Å². The molecule has 2 aliphatic rings. The molecule has 2 N–H and O–H groups in total. The Morgan fingerprint density at radius 1 is 0.638 bits per heavy atom. The number of methoxy groups -OCH3 is 1. The fraction of sp³-hybridized carbons (Fsp3) is 0.939. The Balaban J connectivity index is -0.0000000826. The number of aliphatic hydroxyl groups is 2. The number of hydrogen-bond donors (Lipinski definition) is 2. The SMILES string of the molecule is CC(=O)N(C)C.CC(C)(C)O.CC(C)N(C)C.CC(C)O.CC(C)OC(=O)N(C)C.CCN(C)C.CN(C)C(=O)C1CC1.CN(C)C1CC1.CN(C)CC(F)(F)F.CN(C)CC(F)F.COC(C)C. The molecular formula is C49H113F5N8O7. The number of hydrogen-bond acceptors (Lipinski definition) is 12. The van der Waals surface area contributed by atoms with Crippen LogP contribution in [-0.4, -0.2) is 255 Å². The Morgan fingerprint density at radius 2 is 0.942 bits per heavy atom. The number of nitrogens with zero attached hydrogens (tertiary/aromatic N) is 8. The standard InChI is InChI=1S/C6H13NO2.C6H11NO.C5H11N.C5H13N.C4H8F3N.C4H9F2N.C4H9NO.C4H11N.2C4H10O.C3H8O/c1-5(2)9-6(8)7(3)4;1-7(2)6(8)5-3-4-5;1-6(2)5-3-4-5;1-5(2)6(3)4;1-8(2)3-4(5,6)7;1-7(2)3-4(5)6;1-4(6)5(2)3;1-4-5(2)3;1-4(2)5-3;1-4(2,3)5;1-3(2)4/h5H,1-4H3;5H,3-4H2,1-2H3;5H,3-4H2,1-2H3;5H,1-4H3;3H2,1-2H3;4H,3H2,1-2H3;1-3H3;4H2,1-3H3;4H,1-3H3;5H,1-3H3;3-4H,1-2H3. The first-order chi connectivity index (χ1) is 30.7. The summed E-state index contributed by atoms with van der Waals surface area (Å²) >= 11 is 0. The van der Waals surface area contributed by atoms with Crippen LogP contribution in [0.15, 0.2) is 0 Å². The first-order valence-electron chi connectivity index (χ1n) is 23.5. The number of rotatable bonds is 9. The van der Waals surface area contributed by atoms with Gasteiger partial charge in [0.05, 0.1) is 30.9 Å². The predicted octanol–water partition coefficient (Wildman–Crippen LogP) is 8.04. The van der Waals surface area contributed by atoms with Gasteiger partial charge in [-0.2, -0.15) is 13.2 Å². The van der Waals surface area contributed by atoms with Crippen molar-refractivity contribution in [3.05, 3.63) is 0 Å². The summed E-state index contributed by atoms with van der Waals surface area (Å²) in [4.78, 5) is 45.3. The number of amides is 3. The minimum Gasteiger partial charge on any atom is -0.447 e. The van der Waals surface area contributed by atoms with Gasteiger partial charge in [0, 0.05) is 80.4 Å². The third kappa shape index (κ3) is 133. The first-order valence-corrected chi connectivity index (χ1v) is 23.5. The van der Waals surface area contributed by atoms with Gasteiger partial charge in [0.25, 0.3) is 6.43 Å². The molecule has 0 spiro atoms. The van der Waals surface area contributed by atoms with Crippen molar-refractivity contribution < 1.29 is 56.0 Å². The molecule has 0 aromatic carbocycles. The Morgan fingerprint density at radius 3 is 0.971 bits per heavy atom. The lowest BCUT2D eigenvalue weighted by molar-refractivity contribution is -0.140. The second-order valence-corrected chi connectivity index (χ2v) is 20.0. The molecule has 0 aromatic rings. The third-order valence-electron chi connectivity index (χ3n) is 7.11. The average molecular weight is 1020 g/mol. The van der Waals surface area contributed by atoms with Crippen LogP contribution < -0.4 is 0 Å². The van der Waals surface area contributed by atoms with E-state index in [9.17, 15) is 36.3 Å². The van der Waals surface area contributed by atoms with Gasteiger partial charge in [-0.25, -0.2) is 13.6 Å². The van der Waals surface area contributed by atoms with Gasteiger partial charge in [-0.15, -0.1) is 0 Å². The predicted molar refractivity (Wildman–Crippen MR) is 281 cm³/mol. The van der Waals surface area contributed by atoms with E-state index in [0.717, 1.165) is 30.3 Å². The zero-order chi connectivity index (χ0) is 57.8. The Labute approximate surface area is 422 Å². The van der Waals surface area contributed by atoms with Crippen LogP contribution in [0, 0.1) is 5.92 Å². The highest BCUT2D eigenvalue weighted by Gasteiger charge is 2.30. The quantitative estimate of drug-likeness (QED) is 0.217. The molecule has 2 saturated carbocycles. The Kier molecular flexibility index (Phi) is 64.9. The second kappa shape index (κ2) is 51.9. The van der Waals surface area contributed by atoms with Gasteiger partial charge in [-0.3, -0.25) is 9.59 Å². The maximum atomic E-state index is 11.3. The van der Waals surface area contributed by atoms with Crippen molar-refractivity contribution in [1.82, 2.24) is 39.2 Å². The lowest BCUT2D eigenvalue weighted by Crippen LogP contribution is -2.27. The molecule has 0 radical (unpaired) electrons. The first kappa shape index (κ1) is 86.3. The van der Waals surface area contributed by atoms with Crippen LogP contribution in [0.25, 0.3) is 0 Å². The molecule has 15 nitrogen and oxygen atoms in total. The molecule has 0 aliphatic heterocycles. The molecule has 426 valence electrons. The molecule has 2 fully saturated rings. The van der Waals surface area contributed by atoms with Crippen molar-refractivity contribution in [3.8, 4) is 0 Å². The summed E-state index contributed by atoms with van der Waals surface area (Å²) in [6.45, 7) is 24.5. The van der Waals surface area contributed by atoms with E-state index in [1.54, 1.807) is 103 Å².